The van der Waals surface area contributed by atoms with Gasteiger partial charge in [-0.2, -0.15) is 0 Å². The fourth-order valence-electron chi connectivity index (χ4n) is 2.73. The lowest BCUT2D eigenvalue weighted by Crippen LogP contribution is -2.17. The van der Waals surface area contributed by atoms with Crippen molar-refractivity contribution < 1.29 is 9.47 Å². The standard InChI is InChI=1S/C18H21NO2/c1-20-15-9-8-14(18(10-15)21-2)12-19-17-11-16(17)13-6-4-3-5-7-13/h3-10,16-17,19H,11-12H2,1-2H3/t16-,17+/m0/s1. The number of benzene rings is 2. The van der Waals surface area contributed by atoms with Gasteiger partial charge in [0.1, 0.15) is 11.5 Å². The van der Waals surface area contributed by atoms with Crippen LogP contribution in [0.1, 0.15) is 23.5 Å². The number of hydrogen-bond acceptors (Lipinski definition) is 3. The molecule has 1 aliphatic rings. The summed E-state index contributed by atoms with van der Waals surface area (Å²) in [6.45, 7) is 0.821. The first-order valence-corrected chi connectivity index (χ1v) is 7.31. The zero-order chi connectivity index (χ0) is 14.7. The minimum absolute atomic E-state index is 0.569. The van der Waals surface area contributed by atoms with Crippen molar-refractivity contribution in [3.8, 4) is 11.5 Å². The third kappa shape index (κ3) is 3.19. The summed E-state index contributed by atoms with van der Waals surface area (Å²) in [6, 6.07) is 17.2. The van der Waals surface area contributed by atoms with Gasteiger partial charge in [-0.25, -0.2) is 0 Å². The second kappa shape index (κ2) is 6.19. The van der Waals surface area contributed by atoms with Gasteiger partial charge in [0.2, 0.25) is 0 Å². The maximum atomic E-state index is 5.43. The molecule has 3 heteroatoms. The van der Waals surface area contributed by atoms with Gasteiger partial charge < -0.3 is 14.8 Å². The van der Waals surface area contributed by atoms with Crippen molar-refractivity contribution in [1.82, 2.24) is 5.32 Å². The Labute approximate surface area is 125 Å². The summed E-state index contributed by atoms with van der Waals surface area (Å²) in [5.41, 5.74) is 2.59. The van der Waals surface area contributed by atoms with E-state index in [1.807, 2.05) is 12.1 Å². The normalized spacial score (nSPS) is 20.1. The number of ether oxygens (including phenoxy) is 2. The molecule has 21 heavy (non-hydrogen) atoms. The Bertz CT molecular complexity index is 597. The molecule has 0 bridgehead atoms. The monoisotopic (exact) mass is 283 g/mol. The van der Waals surface area contributed by atoms with E-state index in [9.17, 15) is 0 Å². The molecule has 0 unspecified atom stereocenters. The smallest absolute Gasteiger partial charge is 0.127 e. The van der Waals surface area contributed by atoms with E-state index in [1.165, 1.54) is 12.0 Å². The zero-order valence-corrected chi connectivity index (χ0v) is 12.5. The Kier molecular flexibility index (Phi) is 4.11. The number of rotatable bonds is 6. The summed E-state index contributed by atoms with van der Waals surface area (Å²) in [4.78, 5) is 0. The molecule has 1 N–H and O–H groups in total. The Hall–Kier alpha value is -2.00. The SMILES string of the molecule is COc1ccc(CN[C@@H]2C[C@H]2c2ccccc2)c(OC)c1. The van der Waals surface area contributed by atoms with Gasteiger partial charge in [0.05, 0.1) is 14.2 Å². The van der Waals surface area contributed by atoms with Gasteiger partial charge >= 0.3 is 0 Å². The molecule has 0 aliphatic heterocycles. The van der Waals surface area contributed by atoms with Crippen molar-refractivity contribution in [1.29, 1.82) is 0 Å². The Balaban J connectivity index is 1.59. The molecule has 1 fully saturated rings. The van der Waals surface area contributed by atoms with Crippen LogP contribution >= 0.6 is 0 Å². The Morgan fingerprint density at radius 2 is 1.86 bits per heavy atom. The first-order valence-electron chi connectivity index (χ1n) is 7.31. The summed E-state index contributed by atoms with van der Waals surface area (Å²) in [7, 11) is 3.36. The van der Waals surface area contributed by atoms with Gasteiger partial charge in [0.15, 0.2) is 0 Å². The minimum atomic E-state index is 0.569. The Morgan fingerprint density at radius 3 is 2.57 bits per heavy atom. The first kappa shape index (κ1) is 14.0. The van der Waals surface area contributed by atoms with E-state index in [0.29, 0.717) is 12.0 Å². The highest BCUT2D eigenvalue weighted by Crippen LogP contribution is 2.41. The van der Waals surface area contributed by atoms with Gasteiger partial charge in [-0.05, 0) is 18.1 Å². The van der Waals surface area contributed by atoms with Gasteiger partial charge in [-0.15, -0.1) is 0 Å². The quantitative estimate of drug-likeness (QED) is 0.882. The zero-order valence-electron chi connectivity index (χ0n) is 12.5. The molecule has 0 amide bonds. The van der Waals surface area contributed by atoms with Crippen LogP contribution in [0.2, 0.25) is 0 Å². The topological polar surface area (TPSA) is 30.5 Å². The van der Waals surface area contributed by atoms with Gasteiger partial charge in [0, 0.05) is 30.1 Å². The number of methoxy groups -OCH3 is 2. The lowest BCUT2D eigenvalue weighted by Gasteiger charge is -2.11. The van der Waals surface area contributed by atoms with Crippen molar-refractivity contribution in [2.45, 2.75) is 24.9 Å². The van der Waals surface area contributed by atoms with Crippen LogP contribution in [0.25, 0.3) is 0 Å². The van der Waals surface area contributed by atoms with Crippen molar-refractivity contribution >= 4 is 0 Å². The molecule has 3 rings (SSSR count). The van der Waals surface area contributed by atoms with Crippen LogP contribution in [0, 0.1) is 0 Å². The summed E-state index contributed by atoms with van der Waals surface area (Å²) >= 11 is 0. The Morgan fingerprint density at radius 1 is 1.05 bits per heavy atom. The highest BCUT2D eigenvalue weighted by atomic mass is 16.5. The summed E-state index contributed by atoms with van der Waals surface area (Å²) < 4.78 is 10.7. The highest BCUT2D eigenvalue weighted by molar-refractivity contribution is 5.41. The van der Waals surface area contributed by atoms with E-state index < -0.39 is 0 Å². The molecule has 1 aliphatic carbocycles. The molecule has 1 saturated carbocycles. The molecule has 0 saturated heterocycles. The predicted octanol–water partition coefficient (Wildman–Crippen LogP) is 3.35. The molecule has 2 aromatic carbocycles. The van der Waals surface area contributed by atoms with Crippen LogP contribution in [-0.2, 0) is 6.54 Å². The average molecular weight is 283 g/mol. The molecule has 0 spiro atoms. The van der Waals surface area contributed by atoms with Crippen LogP contribution < -0.4 is 14.8 Å². The third-order valence-corrected chi connectivity index (χ3v) is 4.07. The lowest BCUT2D eigenvalue weighted by molar-refractivity contribution is 0.389. The number of nitrogens with one attached hydrogen (secondary N) is 1. The van der Waals surface area contributed by atoms with Crippen molar-refractivity contribution in [3.63, 3.8) is 0 Å². The van der Waals surface area contributed by atoms with Gasteiger partial charge in [-0.1, -0.05) is 36.4 Å². The molecule has 3 nitrogen and oxygen atoms in total. The van der Waals surface area contributed by atoms with Crippen LogP contribution in [0.5, 0.6) is 11.5 Å². The molecule has 0 aromatic heterocycles. The molecular formula is C18H21NO2. The van der Waals surface area contributed by atoms with Crippen LogP contribution in [0.15, 0.2) is 48.5 Å². The van der Waals surface area contributed by atoms with Crippen LogP contribution in [0.4, 0.5) is 0 Å². The highest BCUT2D eigenvalue weighted by Gasteiger charge is 2.37. The van der Waals surface area contributed by atoms with E-state index in [1.54, 1.807) is 14.2 Å². The lowest BCUT2D eigenvalue weighted by atomic mass is 10.1. The largest absolute Gasteiger partial charge is 0.497 e. The number of hydrogen-bond donors (Lipinski definition) is 1. The van der Waals surface area contributed by atoms with Crippen molar-refractivity contribution in [2.75, 3.05) is 14.2 Å². The van der Waals surface area contributed by atoms with E-state index >= 15 is 0 Å². The minimum Gasteiger partial charge on any atom is -0.497 e. The van der Waals surface area contributed by atoms with Crippen molar-refractivity contribution in [2.24, 2.45) is 0 Å². The van der Waals surface area contributed by atoms with E-state index in [4.69, 9.17) is 9.47 Å². The molecular weight excluding hydrogens is 262 g/mol. The fourth-order valence-corrected chi connectivity index (χ4v) is 2.73. The summed E-state index contributed by atoms with van der Waals surface area (Å²) in [5, 5.41) is 3.61. The van der Waals surface area contributed by atoms with Gasteiger partial charge in [0.25, 0.3) is 0 Å². The second-order valence-corrected chi connectivity index (χ2v) is 5.42. The molecule has 0 heterocycles. The predicted molar refractivity (Wildman–Crippen MR) is 84.0 cm³/mol. The molecule has 2 atom stereocenters. The summed E-state index contributed by atoms with van der Waals surface area (Å²) in [6.07, 6.45) is 1.21. The maximum absolute atomic E-state index is 5.43. The molecule has 110 valence electrons. The van der Waals surface area contributed by atoms with Crippen LogP contribution in [-0.4, -0.2) is 20.3 Å². The summed E-state index contributed by atoms with van der Waals surface area (Å²) in [5.74, 6) is 2.35. The van der Waals surface area contributed by atoms with Crippen molar-refractivity contribution in [3.05, 3.63) is 59.7 Å². The second-order valence-electron chi connectivity index (χ2n) is 5.42. The molecule has 2 aromatic rings. The average Bonchev–Trinajstić information content (AvgIpc) is 3.33. The fraction of sp³-hybridized carbons (Fsp3) is 0.333. The van der Waals surface area contributed by atoms with E-state index in [-0.39, 0.29) is 0 Å². The van der Waals surface area contributed by atoms with Gasteiger partial charge in [-0.3, -0.25) is 0 Å². The maximum Gasteiger partial charge on any atom is 0.127 e. The van der Waals surface area contributed by atoms with E-state index in [2.05, 4.69) is 41.7 Å². The van der Waals surface area contributed by atoms with Crippen LogP contribution in [0.3, 0.4) is 0 Å². The third-order valence-electron chi connectivity index (χ3n) is 4.07. The van der Waals surface area contributed by atoms with E-state index in [0.717, 1.165) is 23.6 Å². The first-order chi connectivity index (χ1) is 10.3. The molecule has 0 radical (unpaired) electrons.